The maximum Gasteiger partial charge on any atom is 0.316 e. The Morgan fingerprint density at radius 3 is 2.50 bits per heavy atom. The number of aryl methyl sites for hydroxylation is 1. The number of allylic oxidation sites excluding steroid dienone is 2. The lowest BCUT2D eigenvalue weighted by Gasteiger charge is -2.19. The molecule has 2 fully saturated rings. The standard InChI is InChI=1S/C27H26N2O5/c1-16-10-11-21-22(12-16)26(32)29(25(21)31)19-7-5-8-20(14-19)34-27(33)18-13-24(30)28(15-18)23-9-4-3-6-17(23)2/h3-10,14,18,21-22H,11-13,15H2,1-2H3/t18-,21+,22+/m1/s1. The van der Waals surface area contributed by atoms with Crippen LogP contribution in [0.1, 0.15) is 31.7 Å². The van der Waals surface area contributed by atoms with Gasteiger partial charge < -0.3 is 9.64 Å². The van der Waals surface area contributed by atoms with Crippen LogP contribution in [-0.2, 0) is 19.2 Å². The van der Waals surface area contributed by atoms with Crippen LogP contribution < -0.4 is 14.5 Å². The molecule has 3 aliphatic rings. The van der Waals surface area contributed by atoms with Crippen molar-refractivity contribution < 1.29 is 23.9 Å². The minimum Gasteiger partial charge on any atom is -0.426 e. The molecule has 5 rings (SSSR count). The number of hydrogen-bond donors (Lipinski definition) is 0. The molecule has 0 saturated carbocycles. The summed E-state index contributed by atoms with van der Waals surface area (Å²) in [5.74, 6) is -2.06. The summed E-state index contributed by atoms with van der Waals surface area (Å²) < 4.78 is 5.59. The molecule has 0 aromatic heterocycles. The van der Waals surface area contributed by atoms with Gasteiger partial charge in [0.25, 0.3) is 0 Å². The fourth-order valence-corrected chi connectivity index (χ4v) is 5.14. The number of hydrogen-bond acceptors (Lipinski definition) is 5. The second-order valence-corrected chi connectivity index (χ2v) is 9.33. The molecule has 34 heavy (non-hydrogen) atoms. The van der Waals surface area contributed by atoms with E-state index in [4.69, 9.17) is 4.74 Å². The fraction of sp³-hybridized carbons (Fsp3) is 0.333. The number of nitrogens with zero attached hydrogens (tertiary/aromatic N) is 2. The number of benzene rings is 2. The molecule has 2 saturated heterocycles. The first-order valence-electron chi connectivity index (χ1n) is 11.5. The van der Waals surface area contributed by atoms with Gasteiger partial charge in [-0.25, -0.2) is 4.90 Å². The fourth-order valence-electron chi connectivity index (χ4n) is 5.14. The van der Waals surface area contributed by atoms with E-state index in [1.54, 1.807) is 29.2 Å². The smallest absolute Gasteiger partial charge is 0.316 e. The van der Waals surface area contributed by atoms with Crippen LogP contribution in [0, 0.1) is 24.7 Å². The highest BCUT2D eigenvalue weighted by molar-refractivity contribution is 6.22. The Bertz CT molecular complexity index is 1230. The van der Waals surface area contributed by atoms with Crippen LogP contribution >= 0.6 is 0 Å². The summed E-state index contributed by atoms with van der Waals surface area (Å²) in [6, 6.07) is 14.0. The molecule has 0 radical (unpaired) electrons. The lowest BCUT2D eigenvalue weighted by Crippen LogP contribution is -2.31. The summed E-state index contributed by atoms with van der Waals surface area (Å²) in [4.78, 5) is 54.2. The van der Waals surface area contributed by atoms with Crippen LogP contribution in [0.5, 0.6) is 5.75 Å². The molecule has 2 aliphatic heterocycles. The predicted octanol–water partition coefficient (Wildman–Crippen LogP) is 3.80. The van der Waals surface area contributed by atoms with Crippen LogP contribution in [0.3, 0.4) is 0 Å². The average Bonchev–Trinajstić information content (AvgIpc) is 3.31. The second kappa shape index (κ2) is 8.56. The van der Waals surface area contributed by atoms with E-state index in [0.717, 1.165) is 16.8 Å². The summed E-state index contributed by atoms with van der Waals surface area (Å²) in [5.41, 5.74) is 3.28. The number of anilines is 2. The summed E-state index contributed by atoms with van der Waals surface area (Å²) >= 11 is 0. The number of para-hydroxylation sites is 1. The molecule has 7 nitrogen and oxygen atoms in total. The topological polar surface area (TPSA) is 84.0 Å². The Balaban J connectivity index is 1.30. The van der Waals surface area contributed by atoms with Crippen molar-refractivity contribution in [3.63, 3.8) is 0 Å². The van der Waals surface area contributed by atoms with E-state index in [2.05, 4.69) is 0 Å². The molecule has 1 aliphatic carbocycles. The SMILES string of the molecule is CC1=CC[C@@H]2C(=O)N(c3cccc(OC(=O)[C@@H]4CC(=O)N(c5ccccc5C)C4)c3)C(=O)[C@H]2C1. The minimum atomic E-state index is -0.595. The van der Waals surface area contributed by atoms with Gasteiger partial charge in [-0.1, -0.05) is 35.9 Å². The number of esters is 1. The number of imide groups is 1. The molecule has 174 valence electrons. The second-order valence-electron chi connectivity index (χ2n) is 9.33. The van der Waals surface area contributed by atoms with Gasteiger partial charge in [-0.15, -0.1) is 0 Å². The van der Waals surface area contributed by atoms with E-state index in [-0.39, 0.29) is 48.3 Å². The molecule has 2 heterocycles. The van der Waals surface area contributed by atoms with Crippen molar-refractivity contribution in [3.8, 4) is 5.75 Å². The number of ether oxygens (including phenoxy) is 1. The number of rotatable bonds is 4. The van der Waals surface area contributed by atoms with Gasteiger partial charge >= 0.3 is 5.97 Å². The normalized spacial score (nSPS) is 24.4. The molecule has 0 unspecified atom stereocenters. The maximum absolute atomic E-state index is 13.0. The zero-order chi connectivity index (χ0) is 24.0. The molecule has 3 atom stereocenters. The number of fused-ring (bicyclic) bond motifs is 1. The van der Waals surface area contributed by atoms with Crippen molar-refractivity contribution in [1.29, 1.82) is 0 Å². The maximum atomic E-state index is 13.0. The molecule has 0 spiro atoms. The number of amides is 3. The Morgan fingerprint density at radius 2 is 1.71 bits per heavy atom. The van der Waals surface area contributed by atoms with Gasteiger partial charge in [0, 0.05) is 24.7 Å². The lowest BCUT2D eigenvalue weighted by atomic mass is 9.82. The van der Waals surface area contributed by atoms with Crippen molar-refractivity contribution in [2.24, 2.45) is 17.8 Å². The molecule has 0 bridgehead atoms. The van der Waals surface area contributed by atoms with Crippen LogP contribution in [0.4, 0.5) is 11.4 Å². The Hall–Kier alpha value is -3.74. The van der Waals surface area contributed by atoms with E-state index in [0.29, 0.717) is 18.5 Å². The molecule has 7 heteroatoms. The van der Waals surface area contributed by atoms with Crippen molar-refractivity contribution >= 4 is 35.1 Å². The van der Waals surface area contributed by atoms with E-state index < -0.39 is 11.9 Å². The molecule has 0 N–H and O–H groups in total. The van der Waals surface area contributed by atoms with E-state index >= 15 is 0 Å². The van der Waals surface area contributed by atoms with Crippen LogP contribution in [0.15, 0.2) is 60.2 Å². The van der Waals surface area contributed by atoms with Crippen LogP contribution in [0.25, 0.3) is 0 Å². The molecule has 2 aromatic carbocycles. The highest BCUT2D eigenvalue weighted by Crippen LogP contribution is 2.40. The average molecular weight is 459 g/mol. The predicted molar refractivity (Wildman–Crippen MR) is 126 cm³/mol. The largest absolute Gasteiger partial charge is 0.426 e. The van der Waals surface area contributed by atoms with E-state index in [1.165, 1.54) is 4.90 Å². The third-order valence-corrected chi connectivity index (χ3v) is 6.98. The third-order valence-electron chi connectivity index (χ3n) is 6.98. The number of carbonyl (C=O) groups excluding carboxylic acids is 4. The molecule has 3 amide bonds. The highest BCUT2D eigenvalue weighted by atomic mass is 16.5. The minimum absolute atomic E-state index is 0.0751. The van der Waals surface area contributed by atoms with Crippen molar-refractivity contribution in [2.45, 2.75) is 33.1 Å². The van der Waals surface area contributed by atoms with Crippen LogP contribution in [-0.4, -0.2) is 30.2 Å². The zero-order valence-electron chi connectivity index (χ0n) is 19.2. The van der Waals surface area contributed by atoms with Crippen molar-refractivity contribution in [2.75, 3.05) is 16.3 Å². The Labute approximate surface area is 198 Å². The quantitative estimate of drug-likeness (QED) is 0.301. The summed E-state index contributed by atoms with van der Waals surface area (Å²) in [6.07, 6.45) is 3.26. The first-order chi connectivity index (χ1) is 16.3. The highest BCUT2D eigenvalue weighted by Gasteiger charge is 2.48. The number of carbonyl (C=O) groups is 4. The lowest BCUT2D eigenvalue weighted by molar-refractivity contribution is -0.139. The van der Waals surface area contributed by atoms with Crippen LogP contribution in [0.2, 0.25) is 0 Å². The monoisotopic (exact) mass is 458 g/mol. The Kier molecular flexibility index (Phi) is 5.55. The molecular formula is C27H26N2O5. The first-order valence-corrected chi connectivity index (χ1v) is 11.5. The van der Waals surface area contributed by atoms with Crippen molar-refractivity contribution in [3.05, 3.63) is 65.7 Å². The zero-order valence-corrected chi connectivity index (χ0v) is 19.2. The van der Waals surface area contributed by atoms with Crippen molar-refractivity contribution in [1.82, 2.24) is 0 Å². The van der Waals surface area contributed by atoms with Gasteiger partial charge in [0.1, 0.15) is 5.75 Å². The third kappa shape index (κ3) is 3.81. The Morgan fingerprint density at radius 1 is 0.941 bits per heavy atom. The first kappa shape index (κ1) is 22.1. The molecular weight excluding hydrogens is 432 g/mol. The molecule has 2 aromatic rings. The summed E-state index contributed by atoms with van der Waals surface area (Å²) in [5, 5.41) is 0. The van der Waals surface area contributed by atoms with Gasteiger partial charge in [0.2, 0.25) is 17.7 Å². The summed E-state index contributed by atoms with van der Waals surface area (Å²) in [7, 11) is 0. The van der Waals surface area contributed by atoms with Gasteiger partial charge in [0.15, 0.2) is 0 Å². The van der Waals surface area contributed by atoms with Gasteiger partial charge in [0.05, 0.1) is 23.4 Å². The van der Waals surface area contributed by atoms with Gasteiger partial charge in [-0.2, -0.15) is 0 Å². The van der Waals surface area contributed by atoms with E-state index in [1.807, 2.05) is 44.2 Å². The van der Waals surface area contributed by atoms with Gasteiger partial charge in [-0.3, -0.25) is 19.2 Å². The summed E-state index contributed by atoms with van der Waals surface area (Å²) in [6.45, 7) is 4.15. The van der Waals surface area contributed by atoms with Gasteiger partial charge in [-0.05, 0) is 50.5 Å². The van der Waals surface area contributed by atoms with E-state index in [9.17, 15) is 19.2 Å².